The highest BCUT2D eigenvalue weighted by atomic mass is 79.9. The number of carboxylic acids is 1. The van der Waals surface area contributed by atoms with Crippen LogP contribution in [0.15, 0.2) is 56.8 Å². The summed E-state index contributed by atoms with van der Waals surface area (Å²) in [5, 5.41) is 9.39. The Morgan fingerprint density at radius 1 is 1.31 bits per heavy atom. The van der Waals surface area contributed by atoms with E-state index in [2.05, 4.69) is 20.9 Å². The van der Waals surface area contributed by atoms with Crippen LogP contribution < -0.4 is 9.47 Å². The van der Waals surface area contributed by atoms with Gasteiger partial charge in [0.15, 0.2) is 23.3 Å². The lowest BCUT2D eigenvalue weighted by Crippen LogP contribution is -2.23. The van der Waals surface area contributed by atoms with Crippen molar-refractivity contribution in [1.82, 2.24) is 4.90 Å². The minimum absolute atomic E-state index is 0.161. The number of para-hydroxylation sites is 1. The highest BCUT2D eigenvalue weighted by molar-refractivity contribution is 9.10. The van der Waals surface area contributed by atoms with Crippen LogP contribution in [0.25, 0.3) is 6.08 Å². The van der Waals surface area contributed by atoms with Gasteiger partial charge in [-0.3, -0.25) is 9.69 Å². The van der Waals surface area contributed by atoms with Gasteiger partial charge in [0.2, 0.25) is 0 Å². The molecule has 7 nitrogen and oxygen atoms in total. The van der Waals surface area contributed by atoms with Crippen molar-refractivity contribution in [3.05, 3.63) is 57.4 Å². The van der Waals surface area contributed by atoms with Crippen LogP contribution >= 0.6 is 27.7 Å². The minimum atomic E-state index is -1.09. The van der Waals surface area contributed by atoms with Crippen LogP contribution in [0, 0.1) is 0 Å². The maximum absolute atomic E-state index is 12.6. The van der Waals surface area contributed by atoms with Crippen LogP contribution in [-0.2, 0) is 9.59 Å². The predicted molar refractivity (Wildman–Crippen MR) is 116 cm³/mol. The van der Waals surface area contributed by atoms with Gasteiger partial charge in [0.1, 0.15) is 0 Å². The van der Waals surface area contributed by atoms with Crippen molar-refractivity contribution < 1.29 is 24.2 Å². The molecule has 1 heterocycles. The van der Waals surface area contributed by atoms with E-state index in [1.165, 1.54) is 23.8 Å². The van der Waals surface area contributed by atoms with Crippen LogP contribution in [0.1, 0.15) is 5.56 Å². The topological polar surface area (TPSA) is 88.4 Å². The molecule has 0 atom stereocenters. The fourth-order valence-electron chi connectivity index (χ4n) is 2.51. The zero-order valence-corrected chi connectivity index (χ0v) is 18.0. The number of amidine groups is 1. The molecule has 0 aliphatic carbocycles. The second kappa shape index (κ2) is 9.15. The summed E-state index contributed by atoms with van der Waals surface area (Å²) in [6.07, 6.45) is 1.73. The molecule has 1 aliphatic rings. The van der Waals surface area contributed by atoms with Gasteiger partial charge in [-0.1, -0.05) is 18.2 Å². The van der Waals surface area contributed by atoms with Crippen molar-refractivity contribution in [1.29, 1.82) is 0 Å². The van der Waals surface area contributed by atoms with Crippen molar-refractivity contribution in [3.8, 4) is 11.5 Å². The number of likely N-dealkylation sites (N-methyl/N-ethyl adjacent to an activating group) is 1. The Morgan fingerprint density at radius 2 is 2.03 bits per heavy atom. The fraction of sp³-hybridized carbons (Fsp3) is 0.150. The third-order valence-electron chi connectivity index (χ3n) is 3.87. The Morgan fingerprint density at radius 3 is 2.69 bits per heavy atom. The van der Waals surface area contributed by atoms with Crippen LogP contribution in [0.4, 0.5) is 5.69 Å². The van der Waals surface area contributed by atoms with Crippen molar-refractivity contribution >= 4 is 56.5 Å². The molecule has 2 aromatic carbocycles. The number of carbonyl (C=O) groups is 2. The predicted octanol–water partition coefficient (Wildman–Crippen LogP) is 4.15. The molecule has 1 aliphatic heterocycles. The van der Waals surface area contributed by atoms with Crippen molar-refractivity contribution in [2.75, 3.05) is 20.8 Å². The lowest BCUT2D eigenvalue weighted by molar-refractivity contribution is -0.139. The first-order valence-corrected chi connectivity index (χ1v) is 10.0. The molecule has 9 heteroatoms. The first kappa shape index (κ1) is 20.9. The first-order chi connectivity index (χ1) is 13.9. The number of benzene rings is 2. The van der Waals surface area contributed by atoms with Gasteiger partial charge in [-0.25, -0.2) is 9.79 Å². The smallest absolute Gasteiger partial charge is 0.341 e. The largest absolute Gasteiger partial charge is 0.493 e. The molecule has 0 saturated carbocycles. The van der Waals surface area contributed by atoms with Crippen molar-refractivity contribution in [2.45, 2.75) is 0 Å². The summed E-state index contributed by atoms with van der Waals surface area (Å²) in [7, 11) is 3.14. The third-order valence-corrected chi connectivity index (χ3v) is 5.52. The lowest BCUT2D eigenvalue weighted by atomic mass is 10.2. The summed E-state index contributed by atoms with van der Waals surface area (Å²) >= 11 is 4.64. The van der Waals surface area contributed by atoms with E-state index in [1.807, 2.05) is 30.3 Å². The molecule has 1 saturated heterocycles. The number of rotatable bonds is 6. The quantitative estimate of drug-likeness (QED) is 0.629. The summed E-state index contributed by atoms with van der Waals surface area (Å²) in [4.78, 5) is 29.9. The summed E-state index contributed by atoms with van der Waals surface area (Å²) < 4.78 is 11.1. The molecule has 2 aromatic rings. The number of aliphatic imine (C=N–C) groups is 1. The highest BCUT2D eigenvalue weighted by Gasteiger charge is 2.30. The second-order valence-corrected chi connectivity index (χ2v) is 7.78. The number of methoxy groups -OCH3 is 1. The summed E-state index contributed by atoms with van der Waals surface area (Å²) in [5.41, 5.74) is 1.46. The molecule has 1 amide bonds. The summed E-state index contributed by atoms with van der Waals surface area (Å²) in [5.74, 6) is -0.613. The molecule has 1 N–H and O–H groups in total. The maximum Gasteiger partial charge on any atom is 0.341 e. The first-order valence-electron chi connectivity index (χ1n) is 8.42. The van der Waals surface area contributed by atoms with Crippen LogP contribution in [0.2, 0.25) is 0 Å². The van der Waals surface area contributed by atoms with E-state index in [0.717, 1.165) is 5.69 Å². The Labute approximate surface area is 180 Å². The number of nitrogens with zero attached hydrogens (tertiary/aromatic N) is 2. The average Bonchev–Trinajstić information content (AvgIpc) is 2.95. The van der Waals surface area contributed by atoms with E-state index >= 15 is 0 Å². The van der Waals surface area contributed by atoms with Crippen LogP contribution in [-0.4, -0.2) is 47.8 Å². The van der Waals surface area contributed by atoms with Crippen molar-refractivity contribution in [3.63, 3.8) is 0 Å². The molecule has 3 rings (SSSR count). The van der Waals surface area contributed by atoms with Gasteiger partial charge in [0, 0.05) is 7.05 Å². The summed E-state index contributed by atoms with van der Waals surface area (Å²) in [6.45, 7) is -0.492. The van der Waals surface area contributed by atoms with Gasteiger partial charge < -0.3 is 14.6 Å². The number of hydrogen-bond acceptors (Lipinski definition) is 6. The molecule has 0 unspecified atom stereocenters. The third kappa shape index (κ3) is 4.99. The van der Waals surface area contributed by atoms with Gasteiger partial charge in [-0.05, 0) is 63.6 Å². The maximum atomic E-state index is 12.6. The van der Waals surface area contributed by atoms with E-state index in [0.29, 0.717) is 25.9 Å². The molecule has 0 bridgehead atoms. The standard InChI is InChI=1S/C20H17BrN2O5S/c1-23-19(26)16(29-20(23)22-13-6-4-3-5-7-13)10-12-8-14(21)18(15(9-12)27-2)28-11-17(24)25/h3-10H,11H2,1-2H3,(H,24,25)/b16-10+,22-20?. The van der Waals surface area contributed by atoms with E-state index in [4.69, 9.17) is 14.6 Å². The Hall–Kier alpha value is -2.78. The Bertz CT molecular complexity index is 1010. The molecular weight excluding hydrogens is 460 g/mol. The number of amides is 1. The molecule has 1 fully saturated rings. The average molecular weight is 477 g/mol. The number of thioether (sulfide) groups is 1. The number of carbonyl (C=O) groups excluding carboxylic acids is 1. The minimum Gasteiger partial charge on any atom is -0.493 e. The second-order valence-electron chi connectivity index (χ2n) is 5.92. The van der Waals surface area contributed by atoms with Crippen LogP contribution in [0.5, 0.6) is 11.5 Å². The van der Waals surface area contributed by atoms with Gasteiger partial charge in [0.05, 0.1) is 22.2 Å². The van der Waals surface area contributed by atoms with Gasteiger partial charge in [0.25, 0.3) is 5.91 Å². The van der Waals surface area contributed by atoms with Crippen LogP contribution in [0.3, 0.4) is 0 Å². The van der Waals surface area contributed by atoms with Gasteiger partial charge in [-0.2, -0.15) is 0 Å². The zero-order chi connectivity index (χ0) is 21.0. The summed E-state index contributed by atoms with van der Waals surface area (Å²) in [6, 6.07) is 12.8. The highest BCUT2D eigenvalue weighted by Crippen LogP contribution is 2.39. The number of aliphatic carboxylic acids is 1. The van der Waals surface area contributed by atoms with Crippen molar-refractivity contribution in [2.24, 2.45) is 4.99 Å². The zero-order valence-electron chi connectivity index (χ0n) is 15.6. The molecule has 0 spiro atoms. The molecule has 150 valence electrons. The number of halogens is 1. The molecular formula is C20H17BrN2O5S. The normalized spacial score (nSPS) is 16.5. The van der Waals surface area contributed by atoms with E-state index < -0.39 is 12.6 Å². The number of carboxylic acid groups (broad SMARTS) is 1. The Balaban J connectivity index is 1.89. The fourth-order valence-corrected chi connectivity index (χ4v) is 4.07. The molecule has 0 radical (unpaired) electrons. The van der Waals surface area contributed by atoms with Gasteiger partial charge in [-0.15, -0.1) is 0 Å². The number of ether oxygens (including phenoxy) is 2. The SMILES string of the molecule is COc1cc(/C=C2/SC(=Nc3ccccc3)N(C)C2=O)cc(Br)c1OCC(=O)O. The Kier molecular flexibility index (Phi) is 6.60. The lowest BCUT2D eigenvalue weighted by Gasteiger charge is -2.12. The monoisotopic (exact) mass is 476 g/mol. The van der Waals surface area contributed by atoms with E-state index in [-0.39, 0.29) is 11.7 Å². The number of hydrogen-bond donors (Lipinski definition) is 1. The van der Waals surface area contributed by atoms with Gasteiger partial charge >= 0.3 is 5.97 Å². The molecule has 29 heavy (non-hydrogen) atoms. The molecule has 0 aromatic heterocycles. The van der Waals surface area contributed by atoms with E-state index in [1.54, 1.807) is 25.3 Å². The van der Waals surface area contributed by atoms with E-state index in [9.17, 15) is 9.59 Å².